The molecule has 0 unspecified atom stereocenters. The van der Waals surface area contributed by atoms with Crippen molar-refractivity contribution in [2.45, 2.75) is 54.1 Å². The number of ether oxygens (including phenoxy) is 2. The average Bonchev–Trinajstić information content (AvgIpc) is 2.23. The molecule has 0 aliphatic rings. The summed E-state index contributed by atoms with van der Waals surface area (Å²) in [6, 6.07) is 0. The minimum absolute atomic E-state index is 0.297. The van der Waals surface area contributed by atoms with Gasteiger partial charge in [0, 0.05) is 11.1 Å². The SMILES string of the molecule is C=C(C)C(=O)OC(C)(C)C.C=C(C)C(=O)OCC(C)C. The second-order valence-corrected chi connectivity index (χ2v) is 6.05. The molecule has 0 amide bonds. The third kappa shape index (κ3) is 14.5. The highest BCUT2D eigenvalue weighted by Crippen LogP contribution is 2.09. The Morgan fingerprint density at radius 1 is 1.00 bits per heavy atom. The van der Waals surface area contributed by atoms with E-state index >= 15 is 0 Å². The molecule has 20 heavy (non-hydrogen) atoms. The first kappa shape index (κ1) is 20.7. The fourth-order valence-corrected chi connectivity index (χ4v) is 0.731. The van der Waals surface area contributed by atoms with Crippen LogP contribution in [0.15, 0.2) is 24.3 Å². The molecule has 0 aromatic rings. The highest BCUT2D eigenvalue weighted by atomic mass is 16.6. The lowest BCUT2D eigenvalue weighted by atomic mass is 10.2. The Kier molecular flexibility index (Phi) is 9.69. The molecule has 0 atom stereocenters. The van der Waals surface area contributed by atoms with Crippen molar-refractivity contribution in [2.75, 3.05) is 6.61 Å². The zero-order valence-electron chi connectivity index (χ0n) is 13.8. The monoisotopic (exact) mass is 284 g/mol. The fraction of sp³-hybridized carbons (Fsp3) is 0.625. The Balaban J connectivity index is 0. The van der Waals surface area contributed by atoms with Gasteiger partial charge in [-0.05, 0) is 40.5 Å². The normalized spacial score (nSPS) is 10.2. The van der Waals surface area contributed by atoms with Crippen molar-refractivity contribution in [1.29, 1.82) is 0 Å². The van der Waals surface area contributed by atoms with Gasteiger partial charge in [-0.3, -0.25) is 0 Å². The van der Waals surface area contributed by atoms with Crippen molar-refractivity contribution >= 4 is 11.9 Å². The summed E-state index contributed by atoms with van der Waals surface area (Å²) >= 11 is 0. The van der Waals surface area contributed by atoms with Crippen molar-refractivity contribution in [3.8, 4) is 0 Å². The number of rotatable bonds is 4. The maximum Gasteiger partial charge on any atom is 0.333 e. The molecule has 0 aliphatic carbocycles. The standard InChI is InChI=1S/2C8H14O2/c1-6(2)7(9)10-8(3,4)5;1-6(2)5-10-8(9)7(3)4/h1H2,2-5H3;6H,3,5H2,1-2,4H3. The van der Waals surface area contributed by atoms with Gasteiger partial charge >= 0.3 is 11.9 Å². The molecular formula is C16H28O4. The zero-order valence-corrected chi connectivity index (χ0v) is 13.8. The van der Waals surface area contributed by atoms with E-state index in [1.54, 1.807) is 13.8 Å². The van der Waals surface area contributed by atoms with Crippen LogP contribution in [0.5, 0.6) is 0 Å². The van der Waals surface area contributed by atoms with E-state index in [0.29, 0.717) is 23.7 Å². The highest BCUT2D eigenvalue weighted by molar-refractivity contribution is 5.87. The highest BCUT2D eigenvalue weighted by Gasteiger charge is 2.15. The van der Waals surface area contributed by atoms with Gasteiger partial charge in [-0.1, -0.05) is 27.0 Å². The van der Waals surface area contributed by atoms with Crippen LogP contribution < -0.4 is 0 Å². The zero-order chi connectivity index (χ0) is 16.5. The molecule has 0 spiro atoms. The van der Waals surface area contributed by atoms with E-state index in [0.717, 1.165) is 0 Å². The third-order valence-electron chi connectivity index (χ3n) is 1.64. The van der Waals surface area contributed by atoms with Gasteiger partial charge in [0.05, 0.1) is 6.61 Å². The van der Waals surface area contributed by atoms with Crippen molar-refractivity contribution in [3.05, 3.63) is 24.3 Å². The molecule has 0 bridgehead atoms. The first-order valence-electron chi connectivity index (χ1n) is 6.58. The van der Waals surface area contributed by atoms with E-state index in [-0.39, 0.29) is 11.9 Å². The maximum atomic E-state index is 10.8. The second kappa shape index (κ2) is 9.34. The minimum atomic E-state index is -0.407. The van der Waals surface area contributed by atoms with Crippen LogP contribution >= 0.6 is 0 Å². The molecule has 0 rings (SSSR count). The van der Waals surface area contributed by atoms with Crippen molar-refractivity contribution in [1.82, 2.24) is 0 Å². The Bertz CT molecular complexity index is 359. The summed E-state index contributed by atoms with van der Waals surface area (Å²) in [5.74, 6) is -0.232. The molecular weight excluding hydrogens is 256 g/mol. The van der Waals surface area contributed by atoms with Gasteiger partial charge in [-0.25, -0.2) is 9.59 Å². The van der Waals surface area contributed by atoms with Crippen LogP contribution in [0.2, 0.25) is 0 Å². The minimum Gasteiger partial charge on any atom is -0.462 e. The van der Waals surface area contributed by atoms with Crippen LogP contribution in [0.25, 0.3) is 0 Å². The van der Waals surface area contributed by atoms with Crippen LogP contribution in [0.1, 0.15) is 48.5 Å². The third-order valence-corrected chi connectivity index (χ3v) is 1.64. The Morgan fingerprint density at radius 2 is 1.40 bits per heavy atom. The summed E-state index contributed by atoms with van der Waals surface area (Å²) in [6.45, 7) is 20.1. The number of carbonyl (C=O) groups is 2. The van der Waals surface area contributed by atoms with Gasteiger partial charge in [-0.2, -0.15) is 0 Å². The molecule has 0 saturated heterocycles. The number of hydrogen-bond donors (Lipinski definition) is 0. The fourth-order valence-electron chi connectivity index (χ4n) is 0.731. The van der Waals surface area contributed by atoms with Crippen LogP contribution in [-0.4, -0.2) is 24.1 Å². The van der Waals surface area contributed by atoms with Gasteiger partial charge in [0.1, 0.15) is 5.60 Å². The Labute approximate surface area is 122 Å². The molecule has 0 aromatic carbocycles. The average molecular weight is 284 g/mol. The van der Waals surface area contributed by atoms with Gasteiger partial charge in [0.15, 0.2) is 0 Å². The van der Waals surface area contributed by atoms with E-state index in [2.05, 4.69) is 13.2 Å². The molecule has 0 heterocycles. The number of esters is 2. The van der Waals surface area contributed by atoms with E-state index < -0.39 is 5.60 Å². The lowest BCUT2D eigenvalue weighted by molar-refractivity contribution is -0.149. The van der Waals surface area contributed by atoms with Crippen molar-refractivity contribution in [3.63, 3.8) is 0 Å². The lowest BCUT2D eigenvalue weighted by Gasteiger charge is -2.19. The van der Waals surface area contributed by atoms with Crippen LogP contribution in [0.4, 0.5) is 0 Å². The summed E-state index contributed by atoms with van der Waals surface area (Å²) in [4.78, 5) is 21.6. The maximum absolute atomic E-state index is 10.8. The van der Waals surface area contributed by atoms with E-state index in [9.17, 15) is 9.59 Å². The largest absolute Gasteiger partial charge is 0.462 e. The Morgan fingerprint density at radius 3 is 1.60 bits per heavy atom. The molecule has 0 aromatic heterocycles. The van der Waals surface area contributed by atoms with Gasteiger partial charge in [0.2, 0.25) is 0 Å². The molecule has 0 N–H and O–H groups in total. The lowest BCUT2D eigenvalue weighted by Crippen LogP contribution is -2.23. The number of carbonyl (C=O) groups excluding carboxylic acids is 2. The van der Waals surface area contributed by atoms with Gasteiger partial charge in [0.25, 0.3) is 0 Å². The molecule has 0 fully saturated rings. The smallest absolute Gasteiger partial charge is 0.333 e. The molecule has 0 aliphatic heterocycles. The predicted octanol–water partition coefficient (Wildman–Crippen LogP) is 3.67. The van der Waals surface area contributed by atoms with Crippen molar-refractivity contribution < 1.29 is 19.1 Å². The predicted molar refractivity (Wildman–Crippen MR) is 81.3 cm³/mol. The number of hydrogen-bond acceptors (Lipinski definition) is 4. The van der Waals surface area contributed by atoms with E-state index in [1.165, 1.54) is 0 Å². The van der Waals surface area contributed by atoms with Gasteiger partial charge < -0.3 is 9.47 Å². The van der Waals surface area contributed by atoms with Crippen LogP contribution in [0.3, 0.4) is 0 Å². The summed E-state index contributed by atoms with van der Waals surface area (Å²) in [5, 5.41) is 0. The van der Waals surface area contributed by atoms with E-state index in [4.69, 9.17) is 9.47 Å². The first-order chi connectivity index (χ1) is 8.86. The summed E-state index contributed by atoms with van der Waals surface area (Å²) < 4.78 is 9.79. The molecule has 4 heteroatoms. The Hall–Kier alpha value is -1.58. The second-order valence-electron chi connectivity index (χ2n) is 6.05. The van der Waals surface area contributed by atoms with E-state index in [1.807, 2.05) is 34.6 Å². The van der Waals surface area contributed by atoms with Crippen LogP contribution in [0, 0.1) is 5.92 Å². The molecule has 0 saturated carbocycles. The molecule has 0 radical (unpaired) electrons. The topological polar surface area (TPSA) is 52.6 Å². The first-order valence-corrected chi connectivity index (χ1v) is 6.58. The quantitative estimate of drug-likeness (QED) is 0.584. The van der Waals surface area contributed by atoms with Gasteiger partial charge in [-0.15, -0.1) is 0 Å². The molecule has 4 nitrogen and oxygen atoms in total. The molecule has 116 valence electrons. The van der Waals surface area contributed by atoms with Crippen molar-refractivity contribution in [2.24, 2.45) is 5.92 Å². The summed E-state index contributed by atoms with van der Waals surface area (Å²) in [5.41, 5.74) is 0.492. The summed E-state index contributed by atoms with van der Waals surface area (Å²) in [7, 11) is 0. The van der Waals surface area contributed by atoms with Crippen LogP contribution in [-0.2, 0) is 19.1 Å². The summed E-state index contributed by atoms with van der Waals surface area (Å²) in [6.07, 6.45) is 0.